The summed E-state index contributed by atoms with van der Waals surface area (Å²) in [4.78, 5) is 52.4. The topological polar surface area (TPSA) is 122 Å². The molecule has 1 atom stereocenters. The van der Waals surface area contributed by atoms with Gasteiger partial charge in [0.1, 0.15) is 17.1 Å². The maximum atomic E-state index is 14.4. The van der Waals surface area contributed by atoms with E-state index in [1.165, 1.54) is 43.5 Å². The third kappa shape index (κ3) is 3.62. The highest BCUT2D eigenvalue weighted by atomic mass is 19.4. The number of anilines is 1. The van der Waals surface area contributed by atoms with Gasteiger partial charge < -0.3 is 15.4 Å². The van der Waals surface area contributed by atoms with Crippen LogP contribution < -0.4 is 26.6 Å². The van der Waals surface area contributed by atoms with Gasteiger partial charge in [0.2, 0.25) is 11.4 Å². The fourth-order valence-electron chi connectivity index (χ4n) is 3.79. The minimum absolute atomic E-state index is 0.0483. The van der Waals surface area contributed by atoms with Gasteiger partial charge in [-0.1, -0.05) is 30.3 Å². The molecule has 0 radical (unpaired) electrons. The summed E-state index contributed by atoms with van der Waals surface area (Å²) in [5.74, 6) is -3.15. The second-order valence-electron chi connectivity index (χ2n) is 7.43. The molecule has 4 rings (SSSR count). The monoisotopic (exact) mass is 474 g/mol. The minimum atomic E-state index is -5.41. The first-order valence-electron chi connectivity index (χ1n) is 9.86. The molecule has 2 amide bonds. The third-order valence-corrected chi connectivity index (χ3v) is 5.35. The number of nitrogens with one attached hydrogen (secondary N) is 3. The lowest BCUT2D eigenvalue weighted by atomic mass is 9.91. The zero-order valence-electron chi connectivity index (χ0n) is 17.5. The molecule has 0 spiro atoms. The van der Waals surface area contributed by atoms with Gasteiger partial charge in [0.05, 0.1) is 19.2 Å². The second-order valence-corrected chi connectivity index (χ2v) is 7.43. The fourth-order valence-corrected chi connectivity index (χ4v) is 3.79. The van der Waals surface area contributed by atoms with Crippen LogP contribution >= 0.6 is 0 Å². The summed E-state index contributed by atoms with van der Waals surface area (Å²) in [5.41, 5.74) is -6.94. The van der Waals surface area contributed by atoms with Gasteiger partial charge in [-0.15, -0.1) is 0 Å². The molecule has 34 heavy (non-hydrogen) atoms. The predicted octanol–water partition coefficient (Wildman–Crippen LogP) is 1.60. The van der Waals surface area contributed by atoms with Crippen LogP contribution in [-0.4, -0.2) is 34.7 Å². The lowest BCUT2D eigenvalue weighted by Crippen LogP contribution is -2.62. The van der Waals surface area contributed by atoms with Crippen molar-refractivity contribution in [1.82, 2.24) is 14.9 Å². The molecule has 1 aliphatic heterocycles. The number of aromatic nitrogens is 2. The van der Waals surface area contributed by atoms with E-state index in [1.54, 1.807) is 23.5 Å². The second kappa shape index (κ2) is 8.21. The SMILES string of the molecule is COc1ccc(-n2c3c(c(=O)[nH]c2=O)C(NC(=O)Cc2ccccc2)(C(F)(F)F)C(=O)N3)cc1. The Balaban J connectivity index is 1.88. The molecular weight excluding hydrogens is 457 g/mol. The van der Waals surface area contributed by atoms with E-state index in [0.717, 1.165) is 0 Å². The number of halogens is 3. The van der Waals surface area contributed by atoms with Crippen molar-refractivity contribution in [1.29, 1.82) is 0 Å². The maximum absolute atomic E-state index is 14.4. The lowest BCUT2D eigenvalue weighted by molar-refractivity contribution is -0.200. The molecule has 0 aliphatic carbocycles. The number of hydrogen-bond donors (Lipinski definition) is 3. The molecule has 3 aromatic rings. The summed E-state index contributed by atoms with van der Waals surface area (Å²) < 4.78 is 49.0. The molecule has 0 bridgehead atoms. The Labute approximate surface area is 189 Å². The number of rotatable bonds is 5. The molecule has 0 saturated heterocycles. The van der Waals surface area contributed by atoms with Gasteiger partial charge in [0, 0.05) is 0 Å². The minimum Gasteiger partial charge on any atom is -0.497 e. The first-order chi connectivity index (χ1) is 16.1. The number of carbonyl (C=O) groups excluding carboxylic acids is 2. The molecule has 2 aromatic carbocycles. The molecule has 1 aliphatic rings. The summed E-state index contributed by atoms with van der Waals surface area (Å²) in [6, 6.07) is 13.5. The average molecular weight is 474 g/mol. The fraction of sp³-hybridized carbons (Fsp3) is 0.182. The van der Waals surface area contributed by atoms with E-state index in [2.05, 4.69) is 0 Å². The summed E-state index contributed by atoms with van der Waals surface area (Å²) in [7, 11) is 1.40. The number of methoxy groups -OCH3 is 1. The van der Waals surface area contributed by atoms with Crippen LogP contribution in [0.15, 0.2) is 64.2 Å². The summed E-state index contributed by atoms with van der Waals surface area (Å²) in [5, 5.41) is 3.69. The van der Waals surface area contributed by atoms with Crippen molar-refractivity contribution < 1.29 is 27.5 Å². The van der Waals surface area contributed by atoms with Crippen molar-refractivity contribution in [3.8, 4) is 11.4 Å². The third-order valence-electron chi connectivity index (χ3n) is 5.35. The van der Waals surface area contributed by atoms with Crippen molar-refractivity contribution in [3.63, 3.8) is 0 Å². The van der Waals surface area contributed by atoms with E-state index in [0.29, 0.717) is 15.9 Å². The number of aromatic amines is 1. The van der Waals surface area contributed by atoms with E-state index in [4.69, 9.17) is 4.74 Å². The van der Waals surface area contributed by atoms with E-state index < -0.39 is 52.6 Å². The van der Waals surface area contributed by atoms with Gasteiger partial charge in [-0.25, -0.2) is 9.36 Å². The van der Waals surface area contributed by atoms with Gasteiger partial charge in [-0.2, -0.15) is 13.2 Å². The van der Waals surface area contributed by atoms with Crippen LogP contribution in [0, 0.1) is 0 Å². The number of ether oxygens (including phenoxy) is 1. The molecule has 0 saturated carbocycles. The summed E-state index contributed by atoms with van der Waals surface area (Å²) in [6.07, 6.45) is -5.89. The largest absolute Gasteiger partial charge is 0.497 e. The summed E-state index contributed by atoms with van der Waals surface area (Å²) >= 11 is 0. The highest BCUT2D eigenvalue weighted by molar-refractivity contribution is 6.08. The van der Waals surface area contributed by atoms with Crippen molar-refractivity contribution in [2.45, 2.75) is 18.1 Å². The number of carbonyl (C=O) groups is 2. The first kappa shape index (κ1) is 22.8. The van der Waals surface area contributed by atoms with Gasteiger partial charge in [-0.3, -0.25) is 19.4 Å². The number of amides is 2. The lowest BCUT2D eigenvalue weighted by Gasteiger charge is -2.30. The van der Waals surface area contributed by atoms with Crippen molar-refractivity contribution >= 4 is 17.6 Å². The number of hydrogen-bond acceptors (Lipinski definition) is 5. The molecule has 176 valence electrons. The smallest absolute Gasteiger partial charge is 0.425 e. The zero-order chi connectivity index (χ0) is 24.7. The standard InChI is InChI=1S/C22H17F3N4O5/c1-34-14-9-7-13(8-10-14)29-17-16(18(31)27-20(29)33)21(19(32)26-17,22(23,24)25)28-15(30)11-12-5-3-2-4-6-12/h2-10H,11H2,1H3,(H,26,32)(H,28,30)(H,27,31,33). The highest BCUT2D eigenvalue weighted by Crippen LogP contribution is 2.45. The van der Waals surface area contributed by atoms with Gasteiger partial charge in [0.25, 0.3) is 11.5 Å². The van der Waals surface area contributed by atoms with E-state index >= 15 is 0 Å². The van der Waals surface area contributed by atoms with Crippen molar-refractivity contribution in [2.75, 3.05) is 12.4 Å². The Morgan fingerprint density at radius 1 is 1.06 bits per heavy atom. The number of H-pyrrole nitrogens is 1. The van der Waals surface area contributed by atoms with Crippen LogP contribution in [0.5, 0.6) is 5.75 Å². The zero-order valence-corrected chi connectivity index (χ0v) is 17.5. The number of fused-ring (bicyclic) bond motifs is 1. The number of benzene rings is 2. The van der Waals surface area contributed by atoms with Gasteiger partial charge >= 0.3 is 11.9 Å². The highest BCUT2D eigenvalue weighted by Gasteiger charge is 2.68. The van der Waals surface area contributed by atoms with Crippen molar-refractivity contribution in [3.05, 3.63) is 86.6 Å². The Morgan fingerprint density at radius 2 is 1.71 bits per heavy atom. The van der Waals surface area contributed by atoms with Gasteiger partial charge in [0.15, 0.2) is 0 Å². The van der Waals surface area contributed by atoms with E-state index in [-0.39, 0.29) is 5.69 Å². The van der Waals surface area contributed by atoms with Crippen LogP contribution in [0.1, 0.15) is 11.1 Å². The van der Waals surface area contributed by atoms with Crippen molar-refractivity contribution in [2.24, 2.45) is 0 Å². The molecule has 3 N–H and O–H groups in total. The molecule has 1 aromatic heterocycles. The average Bonchev–Trinajstić information content (AvgIpc) is 3.07. The van der Waals surface area contributed by atoms with Crippen LogP contribution in [0.4, 0.5) is 19.0 Å². The molecule has 12 heteroatoms. The van der Waals surface area contributed by atoms with E-state index in [9.17, 15) is 32.3 Å². The van der Waals surface area contributed by atoms with Crippen LogP contribution in [0.25, 0.3) is 5.69 Å². The number of alkyl halides is 3. The van der Waals surface area contributed by atoms with Crippen LogP contribution in [-0.2, 0) is 21.5 Å². The Hall–Kier alpha value is -4.35. The summed E-state index contributed by atoms with van der Waals surface area (Å²) in [6.45, 7) is 0. The quantitative estimate of drug-likeness (QED) is 0.519. The maximum Gasteiger partial charge on any atom is 0.425 e. The predicted molar refractivity (Wildman–Crippen MR) is 114 cm³/mol. The Bertz CT molecular complexity index is 1380. The van der Waals surface area contributed by atoms with E-state index in [1.807, 2.05) is 10.3 Å². The molecule has 2 heterocycles. The molecule has 1 unspecified atom stereocenters. The van der Waals surface area contributed by atoms with Gasteiger partial charge in [-0.05, 0) is 29.8 Å². The molecule has 0 fully saturated rings. The molecule has 9 nitrogen and oxygen atoms in total. The van der Waals surface area contributed by atoms with Crippen LogP contribution in [0.3, 0.4) is 0 Å². The molecular formula is C22H17F3N4O5. The normalized spacial score (nSPS) is 17.1. The van der Waals surface area contributed by atoms with Crippen LogP contribution in [0.2, 0.25) is 0 Å². The Kier molecular flexibility index (Phi) is 5.51. The first-order valence-corrected chi connectivity index (χ1v) is 9.86. The number of nitrogens with zero attached hydrogens (tertiary/aromatic N) is 1. The Morgan fingerprint density at radius 3 is 2.29 bits per heavy atom.